The number of piperazine rings is 1. The van der Waals surface area contributed by atoms with E-state index in [9.17, 15) is 0 Å². The first-order valence-corrected chi connectivity index (χ1v) is 7.85. The second-order valence-corrected chi connectivity index (χ2v) is 6.35. The Morgan fingerprint density at radius 1 is 1.21 bits per heavy atom. The third-order valence-electron chi connectivity index (χ3n) is 4.75. The van der Waals surface area contributed by atoms with E-state index < -0.39 is 0 Å². The van der Waals surface area contributed by atoms with Gasteiger partial charge in [-0.25, -0.2) is 0 Å². The second-order valence-electron chi connectivity index (χ2n) is 5.91. The summed E-state index contributed by atoms with van der Waals surface area (Å²) in [7, 11) is 0. The maximum atomic E-state index is 6.11. The molecule has 0 bridgehead atoms. The van der Waals surface area contributed by atoms with Crippen molar-refractivity contribution in [1.82, 2.24) is 9.80 Å². The van der Waals surface area contributed by atoms with Crippen LogP contribution in [0.2, 0.25) is 5.02 Å². The van der Waals surface area contributed by atoms with Crippen molar-refractivity contribution in [3.8, 4) is 0 Å². The lowest BCUT2D eigenvalue weighted by molar-refractivity contribution is 0.0307. The largest absolute Gasteiger partial charge is 0.298 e. The van der Waals surface area contributed by atoms with Gasteiger partial charge in [0.2, 0.25) is 0 Å². The van der Waals surface area contributed by atoms with Crippen molar-refractivity contribution in [3.63, 3.8) is 0 Å². The third kappa shape index (κ3) is 2.96. The zero-order valence-corrected chi connectivity index (χ0v) is 12.4. The highest BCUT2D eigenvalue weighted by atomic mass is 35.5. The molecule has 0 amide bonds. The van der Waals surface area contributed by atoms with Gasteiger partial charge >= 0.3 is 0 Å². The van der Waals surface area contributed by atoms with Crippen molar-refractivity contribution in [2.24, 2.45) is 0 Å². The first kappa shape index (κ1) is 13.4. The Hall–Kier alpha value is -0.570. The van der Waals surface area contributed by atoms with Crippen LogP contribution in [0.15, 0.2) is 24.3 Å². The van der Waals surface area contributed by atoms with E-state index in [4.69, 9.17) is 11.6 Å². The highest BCUT2D eigenvalue weighted by Gasteiger charge is 2.31. The molecule has 2 aliphatic heterocycles. The van der Waals surface area contributed by atoms with Crippen LogP contribution in [-0.4, -0.2) is 42.0 Å². The van der Waals surface area contributed by atoms with E-state index in [0.717, 1.165) is 11.1 Å². The third-order valence-corrected chi connectivity index (χ3v) is 4.98. The van der Waals surface area contributed by atoms with E-state index in [1.807, 2.05) is 6.07 Å². The van der Waals surface area contributed by atoms with Crippen LogP contribution in [0.5, 0.6) is 0 Å². The number of hydrogen-bond acceptors (Lipinski definition) is 2. The lowest BCUT2D eigenvalue weighted by Crippen LogP contribution is -2.55. The fourth-order valence-corrected chi connectivity index (χ4v) is 3.71. The van der Waals surface area contributed by atoms with Gasteiger partial charge in [0.25, 0.3) is 0 Å². The minimum absolute atomic E-state index is 0.475. The van der Waals surface area contributed by atoms with Gasteiger partial charge in [0, 0.05) is 36.7 Å². The van der Waals surface area contributed by atoms with E-state index in [2.05, 4.69) is 34.9 Å². The monoisotopic (exact) mass is 278 g/mol. The summed E-state index contributed by atoms with van der Waals surface area (Å²) in [5, 5.41) is 0.848. The van der Waals surface area contributed by atoms with Gasteiger partial charge < -0.3 is 0 Å². The zero-order valence-electron chi connectivity index (χ0n) is 11.7. The number of rotatable bonds is 2. The highest BCUT2D eigenvalue weighted by molar-refractivity contribution is 6.30. The first-order chi connectivity index (χ1) is 9.24. The number of benzene rings is 1. The van der Waals surface area contributed by atoms with Gasteiger partial charge in [0.1, 0.15) is 0 Å². The number of halogens is 1. The summed E-state index contributed by atoms with van der Waals surface area (Å²) in [6.07, 6.45) is 4.17. The maximum Gasteiger partial charge on any atom is 0.0409 e. The summed E-state index contributed by atoms with van der Waals surface area (Å²) in [5.74, 6) is 0. The Morgan fingerprint density at radius 2 is 2.11 bits per heavy atom. The summed E-state index contributed by atoms with van der Waals surface area (Å²) < 4.78 is 0. The Bertz CT molecular complexity index is 435. The minimum atomic E-state index is 0.475. The number of fused-ring (bicyclic) bond motifs is 1. The molecule has 0 N–H and O–H groups in total. The van der Waals surface area contributed by atoms with Crippen molar-refractivity contribution in [2.45, 2.75) is 38.3 Å². The molecule has 2 saturated heterocycles. The van der Waals surface area contributed by atoms with Crippen LogP contribution in [-0.2, 0) is 0 Å². The van der Waals surface area contributed by atoms with Crippen LogP contribution in [0.3, 0.4) is 0 Å². The van der Waals surface area contributed by atoms with Crippen LogP contribution in [0.4, 0.5) is 0 Å². The fraction of sp³-hybridized carbons (Fsp3) is 0.625. The van der Waals surface area contributed by atoms with Crippen LogP contribution in [0, 0.1) is 0 Å². The molecule has 0 radical (unpaired) electrons. The van der Waals surface area contributed by atoms with E-state index in [1.54, 1.807) is 0 Å². The van der Waals surface area contributed by atoms with Gasteiger partial charge in [-0.3, -0.25) is 9.80 Å². The van der Waals surface area contributed by atoms with Crippen LogP contribution in [0.1, 0.15) is 37.8 Å². The number of nitrogens with zero attached hydrogens (tertiary/aromatic N) is 2. The molecule has 19 heavy (non-hydrogen) atoms. The average molecular weight is 279 g/mol. The first-order valence-electron chi connectivity index (χ1n) is 7.47. The summed E-state index contributed by atoms with van der Waals surface area (Å²) in [4.78, 5) is 5.31. The lowest BCUT2D eigenvalue weighted by atomic mass is 9.97. The zero-order chi connectivity index (χ0) is 13.2. The van der Waals surface area contributed by atoms with Crippen molar-refractivity contribution in [2.75, 3.05) is 26.2 Å². The number of piperidine rings is 1. The molecule has 104 valence electrons. The molecule has 3 heteroatoms. The molecule has 0 saturated carbocycles. The molecule has 2 aliphatic rings. The van der Waals surface area contributed by atoms with E-state index in [0.29, 0.717) is 6.04 Å². The van der Waals surface area contributed by atoms with Crippen molar-refractivity contribution in [3.05, 3.63) is 34.9 Å². The topological polar surface area (TPSA) is 6.48 Å². The SMILES string of the molecule is C[C@@H](c1cccc(Cl)c1)N1CCN2CCCC[C@H]2C1. The molecule has 0 spiro atoms. The Morgan fingerprint density at radius 3 is 2.95 bits per heavy atom. The molecule has 2 fully saturated rings. The molecule has 0 unspecified atom stereocenters. The Balaban J connectivity index is 1.69. The smallest absolute Gasteiger partial charge is 0.0409 e. The van der Waals surface area contributed by atoms with Crippen molar-refractivity contribution in [1.29, 1.82) is 0 Å². The minimum Gasteiger partial charge on any atom is -0.298 e. The predicted octanol–water partition coefficient (Wildman–Crippen LogP) is 3.57. The van der Waals surface area contributed by atoms with Gasteiger partial charge in [-0.15, -0.1) is 0 Å². The summed E-state index contributed by atoms with van der Waals surface area (Å²) >= 11 is 6.11. The van der Waals surface area contributed by atoms with Crippen LogP contribution >= 0.6 is 11.6 Å². The second kappa shape index (κ2) is 5.82. The lowest BCUT2D eigenvalue weighted by Gasteiger charge is -2.46. The average Bonchev–Trinajstić information content (AvgIpc) is 2.46. The van der Waals surface area contributed by atoms with Gasteiger partial charge in [-0.05, 0) is 44.0 Å². The molecule has 3 rings (SSSR count). The normalized spacial score (nSPS) is 26.9. The van der Waals surface area contributed by atoms with Gasteiger partial charge in [-0.2, -0.15) is 0 Å². The van der Waals surface area contributed by atoms with Gasteiger partial charge in [0.15, 0.2) is 0 Å². The summed E-state index contributed by atoms with van der Waals surface area (Å²) in [6.45, 7) is 7.25. The number of hydrogen-bond donors (Lipinski definition) is 0. The molecule has 0 aromatic heterocycles. The van der Waals surface area contributed by atoms with E-state index in [1.165, 1.54) is 51.0 Å². The maximum absolute atomic E-state index is 6.11. The van der Waals surface area contributed by atoms with Crippen molar-refractivity contribution < 1.29 is 0 Å². The molecular formula is C16H23ClN2. The van der Waals surface area contributed by atoms with Crippen molar-refractivity contribution >= 4 is 11.6 Å². The molecule has 2 heterocycles. The van der Waals surface area contributed by atoms with Gasteiger partial charge in [-0.1, -0.05) is 30.2 Å². The molecular weight excluding hydrogens is 256 g/mol. The molecule has 0 aliphatic carbocycles. The molecule has 1 aromatic rings. The Labute approximate surface area is 121 Å². The fourth-order valence-electron chi connectivity index (χ4n) is 3.51. The Kier molecular flexibility index (Phi) is 4.11. The highest BCUT2D eigenvalue weighted by Crippen LogP contribution is 2.28. The molecule has 2 atom stereocenters. The molecule has 1 aromatic carbocycles. The predicted molar refractivity (Wildman–Crippen MR) is 80.7 cm³/mol. The summed E-state index contributed by atoms with van der Waals surface area (Å²) in [5.41, 5.74) is 1.34. The van der Waals surface area contributed by atoms with E-state index in [-0.39, 0.29) is 0 Å². The van der Waals surface area contributed by atoms with Gasteiger partial charge in [0.05, 0.1) is 0 Å². The quantitative estimate of drug-likeness (QED) is 0.816. The molecule has 2 nitrogen and oxygen atoms in total. The van der Waals surface area contributed by atoms with E-state index >= 15 is 0 Å². The standard InChI is InChI=1S/C16H23ClN2/c1-13(14-5-4-6-15(17)11-14)19-10-9-18-8-3-2-7-16(18)12-19/h4-6,11,13,16H,2-3,7-10,12H2,1H3/t13-,16-/m0/s1. The van der Waals surface area contributed by atoms with Crippen LogP contribution in [0.25, 0.3) is 0 Å². The summed E-state index contributed by atoms with van der Waals surface area (Å²) in [6, 6.07) is 9.58. The van der Waals surface area contributed by atoms with Crippen LogP contribution < -0.4 is 0 Å².